The van der Waals surface area contributed by atoms with Crippen LogP contribution in [0.15, 0.2) is 24.3 Å². The average molecular weight is 440 g/mol. The number of carbonyl (C=O) groups excluding carboxylic acids is 1. The second-order valence-electron chi connectivity index (χ2n) is 7.77. The van der Waals surface area contributed by atoms with E-state index in [-0.39, 0.29) is 56.3 Å². The molecule has 0 aliphatic carbocycles. The first-order chi connectivity index (χ1) is 14.7. The molecule has 10 heteroatoms. The molecule has 1 saturated heterocycles. The average Bonchev–Trinajstić information content (AvgIpc) is 2.70. The Morgan fingerprint density at radius 2 is 1.84 bits per heavy atom. The number of amides is 1. The molecule has 2 aliphatic heterocycles. The fourth-order valence-corrected chi connectivity index (χ4v) is 3.94. The minimum absolute atomic E-state index is 0.0199. The number of piperidine rings is 1. The number of hydrogen-bond acceptors (Lipinski definition) is 5. The number of ether oxygens (including phenoxy) is 1. The van der Waals surface area contributed by atoms with Gasteiger partial charge in [-0.2, -0.15) is 0 Å². The van der Waals surface area contributed by atoms with E-state index in [1.54, 1.807) is 0 Å². The Hall–Kier alpha value is -2.85. The highest BCUT2D eigenvalue weighted by molar-refractivity contribution is 5.94. The molecule has 31 heavy (non-hydrogen) atoms. The molecule has 0 spiro atoms. The summed E-state index contributed by atoms with van der Waals surface area (Å²) in [6.07, 6.45) is -1.11. The monoisotopic (exact) mass is 440 g/mol. The maximum atomic E-state index is 14.1. The molecular formula is C21H20F4N2O4. The predicted octanol–water partition coefficient (Wildman–Crippen LogP) is 2.51. The SMILES string of the molecule is O=C1CCc2c(OCC3(O)CCN(c4c(F)cc(F)cc4F)CC3O)ccc(F)c2N1. The van der Waals surface area contributed by atoms with Gasteiger partial charge < -0.3 is 25.2 Å². The van der Waals surface area contributed by atoms with Gasteiger partial charge in [-0.3, -0.25) is 4.79 Å². The topological polar surface area (TPSA) is 82.0 Å². The Kier molecular flexibility index (Phi) is 5.52. The number of nitrogens with zero attached hydrogens (tertiary/aromatic N) is 1. The van der Waals surface area contributed by atoms with Crippen molar-refractivity contribution in [2.24, 2.45) is 0 Å². The van der Waals surface area contributed by atoms with Crippen molar-refractivity contribution in [1.82, 2.24) is 0 Å². The summed E-state index contributed by atoms with van der Waals surface area (Å²) in [7, 11) is 0. The van der Waals surface area contributed by atoms with E-state index in [2.05, 4.69) is 5.32 Å². The number of fused-ring (bicyclic) bond motifs is 1. The molecule has 0 saturated carbocycles. The van der Waals surface area contributed by atoms with Crippen molar-refractivity contribution < 1.29 is 37.3 Å². The number of nitrogens with one attached hydrogen (secondary N) is 1. The Balaban J connectivity index is 1.48. The quantitative estimate of drug-likeness (QED) is 0.637. The van der Waals surface area contributed by atoms with Crippen LogP contribution in [0.1, 0.15) is 18.4 Å². The van der Waals surface area contributed by atoms with Crippen LogP contribution < -0.4 is 15.0 Å². The molecular weight excluding hydrogens is 420 g/mol. The lowest BCUT2D eigenvalue weighted by Gasteiger charge is -2.42. The van der Waals surface area contributed by atoms with Crippen molar-refractivity contribution in [2.45, 2.75) is 31.0 Å². The van der Waals surface area contributed by atoms with Crippen LogP contribution in [0.5, 0.6) is 5.75 Å². The molecule has 166 valence electrons. The Labute approximate surface area is 175 Å². The van der Waals surface area contributed by atoms with Crippen molar-refractivity contribution >= 4 is 17.3 Å². The second-order valence-corrected chi connectivity index (χ2v) is 7.77. The Morgan fingerprint density at radius 1 is 1.13 bits per heavy atom. The van der Waals surface area contributed by atoms with Crippen molar-refractivity contribution in [3.8, 4) is 5.75 Å². The van der Waals surface area contributed by atoms with Crippen LogP contribution in [0.2, 0.25) is 0 Å². The van der Waals surface area contributed by atoms with Gasteiger partial charge in [0.05, 0.1) is 5.69 Å². The summed E-state index contributed by atoms with van der Waals surface area (Å²) in [6, 6.07) is 3.60. The molecule has 3 N–H and O–H groups in total. The van der Waals surface area contributed by atoms with Crippen LogP contribution in [-0.4, -0.2) is 47.5 Å². The maximum Gasteiger partial charge on any atom is 0.224 e. The van der Waals surface area contributed by atoms with Gasteiger partial charge >= 0.3 is 0 Å². The van der Waals surface area contributed by atoms with Gasteiger partial charge in [-0.15, -0.1) is 0 Å². The maximum absolute atomic E-state index is 14.1. The second kappa shape index (κ2) is 8.01. The molecule has 0 bridgehead atoms. The number of rotatable bonds is 4. The van der Waals surface area contributed by atoms with Gasteiger partial charge in [-0.25, -0.2) is 17.6 Å². The number of halogens is 4. The number of anilines is 2. The third kappa shape index (κ3) is 4.05. The molecule has 4 rings (SSSR count). The van der Waals surface area contributed by atoms with Crippen molar-refractivity contribution in [3.05, 3.63) is 53.1 Å². The highest BCUT2D eigenvalue weighted by Crippen LogP contribution is 2.35. The summed E-state index contributed by atoms with van der Waals surface area (Å²) in [5.41, 5.74) is -1.74. The number of hydrogen-bond donors (Lipinski definition) is 3. The van der Waals surface area contributed by atoms with Crippen LogP contribution in [0.4, 0.5) is 28.9 Å². The van der Waals surface area contributed by atoms with E-state index in [9.17, 15) is 32.6 Å². The lowest BCUT2D eigenvalue weighted by Crippen LogP contribution is -2.58. The van der Waals surface area contributed by atoms with Gasteiger partial charge in [0.15, 0.2) is 11.6 Å². The Morgan fingerprint density at radius 3 is 2.52 bits per heavy atom. The number of β-amino-alcohol motifs (C(OH)–C–C–N with tert-alkyl or cyclic N) is 1. The van der Waals surface area contributed by atoms with Crippen LogP contribution in [0.3, 0.4) is 0 Å². The summed E-state index contributed by atoms with van der Waals surface area (Å²) in [5.74, 6) is -3.93. The first-order valence-corrected chi connectivity index (χ1v) is 9.72. The van der Waals surface area contributed by atoms with Crippen LogP contribution in [0.25, 0.3) is 0 Å². The van der Waals surface area contributed by atoms with E-state index in [1.807, 2.05) is 0 Å². The minimum Gasteiger partial charge on any atom is -0.490 e. The number of aliphatic hydroxyl groups is 2. The zero-order valence-electron chi connectivity index (χ0n) is 16.3. The van der Waals surface area contributed by atoms with Gasteiger partial charge in [-0.05, 0) is 25.0 Å². The molecule has 1 amide bonds. The third-order valence-electron chi connectivity index (χ3n) is 5.69. The Bertz CT molecular complexity index is 1010. The summed E-state index contributed by atoms with van der Waals surface area (Å²) in [4.78, 5) is 12.7. The highest BCUT2D eigenvalue weighted by atomic mass is 19.1. The van der Waals surface area contributed by atoms with Crippen molar-refractivity contribution in [3.63, 3.8) is 0 Å². The molecule has 2 aromatic rings. The fraction of sp³-hybridized carbons (Fsp3) is 0.381. The lowest BCUT2D eigenvalue weighted by molar-refractivity contribution is -0.116. The lowest BCUT2D eigenvalue weighted by atomic mass is 9.89. The van der Waals surface area contributed by atoms with Crippen LogP contribution >= 0.6 is 0 Å². The standard InChI is InChI=1S/C21H20F4N2O4/c22-11-7-14(24)20(15(25)8-11)27-6-5-21(30,17(28)9-27)10-31-16-3-2-13(23)19-12(16)1-4-18(29)26-19/h2-3,7-8,17,28,30H,1,4-6,9-10H2,(H,26,29). The number of aliphatic hydroxyl groups excluding tert-OH is 1. The van der Waals surface area contributed by atoms with E-state index in [4.69, 9.17) is 4.74 Å². The largest absolute Gasteiger partial charge is 0.490 e. The van der Waals surface area contributed by atoms with Gasteiger partial charge in [-0.1, -0.05) is 0 Å². The first kappa shape index (κ1) is 21.4. The molecule has 2 aromatic carbocycles. The van der Waals surface area contributed by atoms with Gasteiger partial charge in [0, 0.05) is 37.2 Å². The van der Waals surface area contributed by atoms with E-state index in [0.29, 0.717) is 17.7 Å². The normalized spacial score (nSPS) is 23.4. The molecule has 6 nitrogen and oxygen atoms in total. The molecule has 0 aromatic heterocycles. The fourth-order valence-electron chi connectivity index (χ4n) is 3.94. The molecule has 2 atom stereocenters. The zero-order valence-corrected chi connectivity index (χ0v) is 16.3. The number of carbonyl (C=O) groups is 1. The summed E-state index contributed by atoms with van der Waals surface area (Å²) in [5, 5.41) is 23.8. The number of benzene rings is 2. The summed E-state index contributed by atoms with van der Waals surface area (Å²) >= 11 is 0. The van der Waals surface area contributed by atoms with Crippen LogP contribution in [0, 0.1) is 23.3 Å². The van der Waals surface area contributed by atoms with E-state index >= 15 is 0 Å². The van der Waals surface area contributed by atoms with Crippen molar-refractivity contribution in [1.29, 1.82) is 0 Å². The van der Waals surface area contributed by atoms with E-state index < -0.39 is 40.7 Å². The predicted molar refractivity (Wildman–Crippen MR) is 103 cm³/mol. The minimum atomic E-state index is -1.73. The highest BCUT2D eigenvalue weighted by Gasteiger charge is 2.43. The van der Waals surface area contributed by atoms with E-state index in [1.165, 1.54) is 11.0 Å². The third-order valence-corrected chi connectivity index (χ3v) is 5.69. The molecule has 2 aliphatic rings. The van der Waals surface area contributed by atoms with Crippen LogP contribution in [-0.2, 0) is 11.2 Å². The molecule has 2 heterocycles. The smallest absolute Gasteiger partial charge is 0.224 e. The first-order valence-electron chi connectivity index (χ1n) is 9.72. The summed E-state index contributed by atoms with van der Waals surface area (Å²) < 4.78 is 60.9. The molecule has 1 fully saturated rings. The van der Waals surface area contributed by atoms with Gasteiger partial charge in [0.2, 0.25) is 5.91 Å². The molecule has 0 radical (unpaired) electrons. The van der Waals surface area contributed by atoms with Gasteiger partial charge in [0.1, 0.15) is 41.4 Å². The van der Waals surface area contributed by atoms with E-state index in [0.717, 1.165) is 6.07 Å². The molecule has 2 unspecified atom stereocenters. The van der Waals surface area contributed by atoms with Crippen molar-refractivity contribution in [2.75, 3.05) is 29.9 Å². The summed E-state index contributed by atoms with van der Waals surface area (Å²) in [6.45, 7) is -0.687. The van der Waals surface area contributed by atoms with Gasteiger partial charge in [0.25, 0.3) is 0 Å². The zero-order chi connectivity index (χ0) is 22.3.